The molecule has 0 fully saturated rings. The van der Waals surface area contributed by atoms with Gasteiger partial charge in [0, 0.05) is 0 Å². The van der Waals surface area contributed by atoms with Gasteiger partial charge in [0.05, 0.1) is 18.0 Å². The summed E-state index contributed by atoms with van der Waals surface area (Å²) in [6, 6.07) is 0. The van der Waals surface area contributed by atoms with E-state index in [-0.39, 0.29) is 6.10 Å². The molecule has 0 bridgehead atoms. The Morgan fingerprint density at radius 2 is 2.11 bits per heavy atom. The van der Waals surface area contributed by atoms with E-state index in [1.54, 1.807) is 13.8 Å². The van der Waals surface area contributed by atoms with Gasteiger partial charge in [-0.25, -0.2) is 4.57 Å². The van der Waals surface area contributed by atoms with Crippen molar-refractivity contribution in [3.8, 4) is 0 Å². The second-order valence-corrected chi connectivity index (χ2v) is 3.39. The van der Waals surface area contributed by atoms with Crippen molar-refractivity contribution in [2.24, 2.45) is 0 Å². The Balaban J connectivity index is 3.73. The highest BCUT2D eigenvalue weighted by Gasteiger charge is 2.21. The van der Waals surface area contributed by atoms with Gasteiger partial charge in [0.25, 0.3) is 0 Å². The van der Waals surface area contributed by atoms with Crippen molar-refractivity contribution >= 4 is 19.7 Å². The first kappa shape index (κ1) is 9.40. The molecule has 0 aliphatic heterocycles. The molecule has 0 heterocycles. The van der Waals surface area contributed by atoms with Crippen molar-refractivity contribution in [2.45, 2.75) is 20.0 Å². The summed E-state index contributed by atoms with van der Waals surface area (Å²) >= 11 is 4.60. The number of hydrogen-bond acceptors (Lipinski definition) is 3. The minimum Gasteiger partial charge on any atom is -0.302 e. The van der Waals surface area contributed by atoms with Gasteiger partial charge in [-0.15, -0.1) is 0 Å². The summed E-state index contributed by atoms with van der Waals surface area (Å²) in [4.78, 5) is 8.47. The second kappa shape index (κ2) is 3.54. The Morgan fingerprint density at radius 3 is 2.22 bits per heavy atom. The van der Waals surface area contributed by atoms with Gasteiger partial charge in [-0.1, -0.05) is 0 Å². The topological polar surface area (TPSA) is 55.8 Å². The van der Waals surface area contributed by atoms with Crippen LogP contribution in [-0.2, 0) is 13.2 Å². The first-order chi connectivity index (χ1) is 3.98. The molecule has 1 N–H and O–H groups in total. The van der Waals surface area contributed by atoms with Crippen molar-refractivity contribution in [3.05, 3.63) is 0 Å². The van der Waals surface area contributed by atoms with Gasteiger partial charge in [-0.3, -0.25) is 4.52 Å². The van der Waals surface area contributed by atoms with Gasteiger partial charge in [0.2, 0.25) is 0 Å². The molecule has 1 atom stereocenters. The number of phosphoric acid groups is 1. The highest BCUT2D eigenvalue weighted by Crippen LogP contribution is 2.45. The van der Waals surface area contributed by atoms with E-state index in [9.17, 15) is 4.57 Å². The molecule has 56 valence electrons. The van der Waals surface area contributed by atoms with Crippen LogP contribution in [0.4, 0.5) is 0 Å². The highest BCUT2D eigenvalue weighted by molar-refractivity contribution is 7.48. The van der Waals surface area contributed by atoms with E-state index >= 15 is 0 Å². The van der Waals surface area contributed by atoms with Gasteiger partial charge in [-0.05, 0) is 13.8 Å². The lowest BCUT2D eigenvalue weighted by Crippen LogP contribution is -1.99. The number of phosphoric ester groups is 1. The summed E-state index contributed by atoms with van der Waals surface area (Å²) in [6.45, 7) is 3.19. The molecule has 1 unspecified atom stereocenters. The van der Waals surface area contributed by atoms with E-state index in [0.717, 1.165) is 0 Å². The predicted molar refractivity (Wildman–Crippen MR) is 33.0 cm³/mol. The van der Waals surface area contributed by atoms with Crippen LogP contribution in [0.25, 0.3) is 0 Å². The average Bonchev–Trinajstić information content (AvgIpc) is 1.63. The van der Waals surface area contributed by atoms with E-state index < -0.39 is 7.82 Å². The third-order valence-corrected chi connectivity index (χ3v) is 1.82. The van der Waals surface area contributed by atoms with Crippen molar-refractivity contribution < 1.29 is 18.1 Å². The maximum Gasteiger partial charge on any atom is 0.488 e. The fourth-order valence-electron chi connectivity index (χ4n) is 0.283. The van der Waals surface area contributed by atoms with Crippen molar-refractivity contribution in [2.75, 3.05) is 0 Å². The molecule has 0 aliphatic rings. The number of rotatable bonds is 3. The lowest BCUT2D eigenvalue weighted by molar-refractivity contribution is 0.165. The summed E-state index contributed by atoms with van der Waals surface area (Å²) in [5, 5.41) is 0. The van der Waals surface area contributed by atoms with E-state index in [1.807, 2.05) is 0 Å². The smallest absolute Gasteiger partial charge is 0.302 e. The Kier molecular flexibility index (Phi) is 3.70. The maximum atomic E-state index is 10.4. The minimum absolute atomic E-state index is 0.375. The first-order valence-corrected chi connectivity index (χ1v) is 4.10. The van der Waals surface area contributed by atoms with Crippen molar-refractivity contribution in [3.63, 3.8) is 0 Å². The molecular formula is C3H8ClO4P. The Bertz CT molecular complexity index is 125. The summed E-state index contributed by atoms with van der Waals surface area (Å²) in [5.41, 5.74) is 0. The van der Waals surface area contributed by atoms with E-state index in [2.05, 4.69) is 20.5 Å². The molecule has 4 nitrogen and oxygen atoms in total. The second-order valence-electron chi connectivity index (χ2n) is 1.69. The van der Waals surface area contributed by atoms with Crippen LogP contribution in [-0.4, -0.2) is 11.0 Å². The van der Waals surface area contributed by atoms with Crippen molar-refractivity contribution in [1.82, 2.24) is 0 Å². The van der Waals surface area contributed by atoms with Crippen LogP contribution in [0.3, 0.4) is 0 Å². The third-order valence-electron chi connectivity index (χ3n) is 0.431. The molecule has 0 saturated heterocycles. The van der Waals surface area contributed by atoms with Crippen LogP contribution in [0.2, 0.25) is 0 Å². The Labute approximate surface area is 58.5 Å². The summed E-state index contributed by atoms with van der Waals surface area (Å²) in [5.74, 6) is 0. The van der Waals surface area contributed by atoms with Crippen LogP contribution >= 0.6 is 19.7 Å². The van der Waals surface area contributed by atoms with Gasteiger partial charge in [-0.2, -0.15) is 4.08 Å². The summed E-state index contributed by atoms with van der Waals surface area (Å²) < 4.78 is 18.3. The quantitative estimate of drug-likeness (QED) is 0.662. The number of hydrogen-bond donors (Lipinski definition) is 1. The SMILES string of the molecule is CC(C)OP(=O)(O)OCl. The summed E-state index contributed by atoms with van der Waals surface area (Å²) in [7, 11) is -3.96. The van der Waals surface area contributed by atoms with Gasteiger partial charge >= 0.3 is 7.82 Å². The molecule has 0 rings (SSSR count). The molecule has 0 spiro atoms. The summed E-state index contributed by atoms with van der Waals surface area (Å²) in [6.07, 6.45) is -0.375. The molecule has 6 heteroatoms. The van der Waals surface area contributed by atoms with Crippen LogP contribution in [0.1, 0.15) is 13.8 Å². The van der Waals surface area contributed by atoms with Crippen LogP contribution in [0.15, 0.2) is 0 Å². The van der Waals surface area contributed by atoms with E-state index in [4.69, 9.17) is 4.89 Å². The lowest BCUT2D eigenvalue weighted by atomic mass is 10.5. The molecule has 0 amide bonds. The van der Waals surface area contributed by atoms with Crippen molar-refractivity contribution in [1.29, 1.82) is 0 Å². The average molecular weight is 175 g/mol. The molecule has 0 aromatic heterocycles. The molecule has 0 saturated carbocycles. The van der Waals surface area contributed by atoms with E-state index in [1.165, 1.54) is 0 Å². The standard InChI is InChI=1S/C3H8ClO4P/c1-3(2)7-9(5,6)8-4/h3H,1-2H3,(H,5,6). The van der Waals surface area contributed by atoms with Crippen LogP contribution in [0, 0.1) is 0 Å². The van der Waals surface area contributed by atoms with Crippen LogP contribution < -0.4 is 0 Å². The minimum atomic E-state index is -3.96. The Morgan fingerprint density at radius 1 is 1.67 bits per heavy atom. The van der Waals surface area contributed by atoms with Gasteiger partial charge in [0.1, 0.15) is 0 Å². The predicted octanol–water partition coefficient (Wildman–Crippen LogP) is 1.68. The van der Waals surface area contributed by atoms with Crippen LogP contribution in [0.5, 0.6) is 0 Å². The maximum absolute atomic E-state index is 10.4. The fourth-order valence-corrected chi connectivity index (χ4v) is 0.946. The molecule has 0 aromatic carbocycles. The normalized spacial score (nSPS) is 17.9. The zero-order valence-corrected chi connectivity index (χ0v) is 6.72. The van der Waals surface area contributed by atoms with Gasteiger partial charge < -0.3 is 4.89 Å². The lowest BCUT2D eigenvalue weighted by Gasteiger charge is -2.08. The highest BCUT2D eigenvalue weighted by atomic mass is 35.5. The monoisotopic (exact) mass is 174 g/mol. The largest absolute Gasteiger partial charge is 0.488 e. The first-order valence-electron chi connectivity index (χ1n) is 2.29. The fraction of sp³-hybridized carbons (Fsp3) is 1.00. The molecule has 0 aromatic rings. The molecule has 0 radical (unpaired) electrons. The molecule has 9 heavy (non-hydrogen) atoms. The Hall–Kier alpha value is 0.400. The van der Waals surface area contributed by atoms with Gasteiger partial charge in [0.15, 0.2) is 0 Å². The molecular weight excluding hydrogens is 166 g/mol. The third kappa shape index (κ3) is 4.88. The number of halogens is 1. The van der Waals surface area contributed by atoms with E-state index in [0.29, 0.717) is 0 Å². The zero-order chi connectivity index (χ0) is 7.49. The zero-order valence-electron chi connectivity index (χ0n) is 5.07. The molecule has 0 aliphatic carbocycles.